The highest BCUT2D eigenvalue weighted by Crippen LogP contribution is 2.36. The Morgan fingerprint density at radius 1 is 0.860 bits per heavy atom. The minimum atomic E-state index is -1.79. The quantitative estimate of drug-likeness (QED) is 0.166. The van der Waals surface area contributed by atoms with Crippen LogP contribution in [-0.2, 0) is 20.9 Å². The molecule has 4 aromatic rings. The van der Waals surface area contributed by atoms with Gasteiger partial charge in [0.2, 0.25) is 0 Å². The molecule has 2 aromatic carbocycles. The largest absolute Gasteiger partial charge is 0.483 e. The topological polar surface area (TPSA) is 170 Å². The van der Waals surface area contributed by atoms with E-state index < -0.39 is 23.0 Å². The van der Waals surface area contributed by atoms with E-state index in [0.29, 0.717) is 47.7 Å². The molecule has 16 heteroatoms. The first kappa shape index (κ1) is 39.0. The normalized spacial score (nSPS) is 16.9. The van der Waals surface area contributed by atoms with Crippen LogP contribution in [0.25, 0.3) is 21.8 Å². The Morgan fingerprint density at radius 3 is 1.66 bits per heavy atom. The number of rotatable bonds is 2. The van der Waals surface area contributed by atoms with E-state index in [1.54, 1.807) is 32.9 Å². The van der Waals surface area contributed by atoms with Crippen molar-refractivity contribution in [2.75, 3.05) is 26.2 Å². The number of nitrogens with one attached hydrogen (secondary N) is 3. The lowest BCUT2D eigenvalue weighted by atomic mass is 9.92. The van der Waals surface area contributed by atoms with Crippen molar-refractivity contribution in [1.82, 2.24) is 30.2 Å². The number of aryl methyl sites for hydroxylation is 2. The Balaban J connectivity index is 0.000000216. The summed E-state index contributed by atoms with van der Waals surface area (Å²) in [4.78, 5) is 60.7. The molecule has 2 saturated heterocycles. The van der Waals surface area contributed by atoms with Gasteiger partial charge in [-0.2, -0.15) is 0 Å². The molecule has 2 fully saturated rings. The first-order valence-corrected chi connectivity index (χ1v) is 17.5. The number of alkyl halides is 2. The number of H-pyrrole nitrogens is 2. The van der Waals surface area contributed by atoms with Crippen LogP contribution in [0.4, 0.5) is 13.6 Å². The van der Waals surface area contributed by atoms with Gasteiger partial charge in [-0.25, -0.2) is 23.5 Å². The van der Waals surface area contributed by atoms with Gasteiger partial charge >= 0.3 is 6.09 Å². The molecular formula is C34H40Br2F2N6O6. The van der Waals surface area contributed by atoms with Crippen LogP contribution in [0.1, 0.15) is 69.2 Å². The first-order valence-electron chi connectivity index (χ1n) is 16.0. The van der Waals surface area contributed by atoms with Gasteiger partial charge in [0.05, 0.1) is 21.8 Å². The van der Waals surface area contributed by atoms with Crippen LogP contribution < -0.4 is 16.4 Å². The SMILES string of the molecule is Cc1cc(Br)cc2c(=O)[nH]c(C3(F)CCN(C(=O)OC(C)(C)C)CC3)nc12.Cc1cc(Br)cc2c(=O)[nH]c(C3(F)CCNCC3)nc12.O=CO. The second kappa shape index (κ2) is 15.6. The Kier molecular flexibility index (Phi) is 12.2. The molecule has 12 nitrogen and oxygen atoms in total. The second-order valence-corrected chi connectivity index (χ2v) is 15.2. The fraction of sp³-hybridized carbons (Fsp3) is 0.471. The third-order valence-corrected chi connectivity index (χ3v) is 9.30. The summed E-state index contributed by atoms with van der Waals surface area (Å²) in [6, 6.07) is 7.11. The zero-order chi connectivity index (χ0) is 37.0. The van der Waals surface area contributed by atoms with Gasteiger partial charge in [0, 0.05) is 47.7 Å². The van der Waals surface area contributed by atoms with Crippen LogP contribution in [0.5, 0.6) is 0 Å². The summed E-state index contributed by atoms with van der Waals surface area (Å²) >= 11 is 6.72. The molecular weight excluding hydrogens is 786 g/mol. The number of halogens is 4. The third-order valence-electron chi connectivity index (χ3n) is 8.38. The number of amides is 1. The molecule has 4 N–H and O–H groups in total. The molecule has 0 unspecified atom stereocenters. The van der Waals surface area contributed by atoms with Crippen LogP contribution >= 0.6 is 31.9 Å². The molecule has 0 spiro atoms. The van der Waals surface area contributed by atoms with Crippen LogP contribution in [0, 0.1) is 13.8 Å². The highest BCUT2D eigenvalue weighted by molar-refractivity contribution is 9.10. The number of nitrogens with zero attached hydrogens (tertiary/aromatic N) is 3. The maximum absolute atomic E-state index is 15.6. The lowest BCUT2D eigenvalue weighted by Gasteiger charge is -2.36. The van der Waals surface area contributed by atoms with Gasteiger partial charge in [-0.15, -0.1) is 0 Å². The van der Waals surface area contributed by atoms with E-state index in [-0.39, 0.29) is 55.2 Å². The number of hydrogen-bond donors (Lipinski definition) is 4. The Bertz CT molecular complexity index is 2000. The van der Waals surface area contributed by atoms with Crippen molar-refractivity contribution in [3.05, 3.63) is 76.7 Å². The van der Waals surface area contributed by atoms with Gasteiger partial charge in [0.15, 0.2) is 11.3 Å². The molecule has 2 aromatic heterocycles. The van der Waals surface area contributed by atoms with Gasteiger partial charge in [0.1, 0.15) is 17.2 Å². The molecule has 1 amide bonds. The van der Waals surface area contributed by atoms with E-state index in [1.807, 2.05) is 26.0 Å². The summed E-state index contributed by atoms with van der Waals surface area (Å²) < 4.78 is 37.5. The summed E-state index contributed by atoms with van der Waals surface area (Å²) in [5, 5.41) is 10.9. The van der Waals surface area contributed by atoms with Crippen molar-refractivity contribution in [3.63, 3.8) is 0 Å². The van der Waals surface area contributed by atoms with Gasteiger partial charge in [0.25, 0.3) is 17.6 Å². The number of hydrogen-bond acceptors (Lipinski definition) is 8. The van der Waals surface area contributed by atoms with Gasteiger partial charge in [-0.05, 0) is 83.1 Å². The fourth-order valence-electron chi connectivity index (χ4n) is 5.83. The van der Waals surface area contributed by atoms with Crippen molar-refractivity contribution in [3.8, 4) is 0 Å². The minimum Gasteiger partial charge on any atom is -0.483 e. The van der Waals surface area contributed by atoms with E-state index in [9.17, 15) is 18.8 Å². The zero-order valence-corrected chi connectivity index (χ0v) is 31.6. The van der Waals surface area contributed by atoms with E-state index >= 15 is 4.39 Å². The number of aromatic nitrogens is 4. The number of benzene rings is 2. The zero-order valence-electron chi connectivity index (χ0n) is 28.4. The molecule has 0 radical (unpaired) electrons. The number of carboxylic acid groups (broad SMARTS) is 1. The fourth-order valence-corrected chi connectivity index (χ4v) is 6.98. The molecule has 0 bridgehead atoms. The van der Waals surface area contributed by atoms with Crippen LogP contribution in [0.15, 0.2) is 42.8 Å². The van der Waals surface area contributed by atoms with Crippen molar-refractivity contribution in [1.29, 1.82) is 0 Å². The lowest BCUT2D eigenvalue weighted by molar-refractivity contribution is -0.122. The molecule has 0 atom stereocenters. The molecule has 0 saturated carbocycles. The average Bonchev–Trinajstić information content (AvgIpc) is 3.02. The summed E-state index contributed by atoms with van der Waals surface area (Å²) in [6.45, 7) is 10.4. The predicted octanol–water partition coefficient (Wildman–Crippen LogP) is 6.43. The van der Waals surface area contributed by atoms with E-state index in [0.717, 1.165) is 20.1 Å². The average molecular weight is 827 g/mol. The van der Waals surface area contributed by atoms with Gasteiger partial charge < -0.3 is 30.0 Å². The van der Waals surface area contributed by atoms with Crippen LogP contribution in [0.2, 0.25) is 0 Å². The predicted molar refractivity (Wildman–Crippen MR) is 193 cm³/mol. The minimum absolute atomic E-state index is 0.0225. The smallest absolute Gasteiger partial charge is 0.410 e. The Labute approximate surface area is 303 Å². The maximum Gasteiger partial charge on any atom is 0.410 e. The highest BCUT2D eigenvalue weighted by atomic mass is 79.9. The Hall–Kier alpha value is -3.76. The monoisotopic (exact) mass is 824 g/mol. The third kappa shape index (κ3) is 9.12. The highest BCUT2D eigenvalue weighted by Gasteiger charge is 2.41. The van der Waals surface area contributed by atoms with Crippen molar-refractivity contribution in [2.24, 2.45) is 0 Å². The van der Waals surface area contributed by atoms with Crippen molar-refractivity contribution < 1.29 is 28.2 Å². The summed E-state index contributed by atoms with van der Waals surface area (Å²) in [5.41, 5.74) is -1.87. The summed E-state index contributed by atoms with van der Waals surface area (Å²) in [5.74, 6) is 0.177. The summed E-state index contributed by atoms with van der Waals surface area (Å²) in [7, 11) is 0. The van der Waals surface area contributed by atoms with Crippen LogP contribution in [-0.4, -0.2) is 74.3 Å². The molecule has 0 aliphatic carbocycles. The summed E-state index contributed by atoms with van der Waals surface area (Å²) in [6.07, 6.45) is 0.311. The number of carbonyl (C=O) groups is 2. The number of fused-ring (bicyclic) bond motifs is 2. The molecule has 2 aliphatic heterocycles. The van der Waals surface area contributed by atoms with E-state index in [4.69, 9.17) is 14.6 Å². The van der Waals surface area contributed by atoms with Gasteiger partial charge in [-0.3, -0.25) is 14.4 Å². The molecule has 2 aliphatic rings. The molecule has 50 heavy (non-hydrogen) atoms. The number of likely N-dealkylation sites (tertiary alicyclic amines) is 1. The molecule has 270 valence electrons. The van der Waals surface area contributed by atoms with Crippen LogP contribution in [0.3, 0.4) is 0 Å². The van der Waals surface area contributed by atoms with E-state index in [2.05, 4.69) is 57.1 Å². The maximum atomic E-state index is 15.6. The Morgan fingerprint density at radius 2 is 1.26 bits per heavy atom. The molecule has 4 heterocycles. The van der Waals surface area contributed by atoms with Gasteiger partial charge in [-0.1, -0.05) is 31.9 Å². The standard InChI is InChI=1S/C19H23BrFN3O3.C14H15BrFN3O.CH2O2/c1-11-9-12(20)10-13-14(11)22-16(23-15(13)25)19(21)5-7-24(8-6-19)17(26)27-18(2,3)4;1-8-6-9(15)7-10-11(8)18-13(19-12(10)20)14(16)2-4-17-5-3-14;2-1-3/h9-10H,5-8H2,1-4H3,(H,22,23,25);6-7,17H,2-5H2,1H3,(H,18,19,20);1H,(H,2,3). The lowest BCUT2D eigenvalue weighted by Crippen LogP contribution is -2.46. The number of piperidine rings is 2. The van der Waals surface area contributed by atoms with E-state index in [1.165, 1.54) is 4.90 Å². The first-order chi connectivity index (χ1) is 23.4. The number of ether oxygens (including phenoxy) is 1. The number of carbonyl (C=O) groups excluding carboxylic acids is 1. The van der Waals surface area contributed by atoms with Crippen molar-refractivity contribution >= 4 is 66.2 Å². The van der Waals surface area contributed by atoms with Crippen molar-refractivity contribution in [2.45, 2.75) is 77.2 Å². The second-order valence-electron chi connectivity index (χ2n) is 13.3. The molecule has 6 rings (SSSR count). The number of aromatic amines is 2.